The van der Waals surface area contributed by atoms with Crippen LogP contribution in [-0.2, 0) is 6.42 Å². The highest BCUT2D eigenvalue weighted by Crippen LogP contribution is 2.41. The summed E-state index contributed by atoms with van der Waals surface area (Å²) in [6.45, 7) is 7.59. The smallest absolute Gasteiger partial charge is 0.161 e. The molecule has 0 amide bonds. The van der Waals surface area contributed by atoms with Gasteiger partial charge in [0.05, 0.1) is 14.2 Å². The molecule has 0 saturated heterocycles. The summed E-state index contributed by atoms with van der Waals surface area (Å²) in [4.78, 5) is 0. The molecule has 1 N–H and O–H groups in total. The fourth-order valence-corrected chi connectivity index (χ4v) is 3.10. The van der Waals surface area contributed by atoms with Crippen LogP contribution in [0.4, 0.5) is 0 Å². The summed E-state index contributed by atoms with van der Waals surface area (Å²) in [7, 11) is 3.39. The van der Waals surface area contributed by atoms with Gasteiger partial charge < -0.3 is 14.8 Å². The molecule has 0 radical (unpaired) electrons. The Balaban J connectivity index is 2.39. The molecule has 0 spiro atoms. The predicted molar refractivity (Wildman–Crippen MR) is 87.5 cm³/mol. The lowest BCUT2D eigenvalue weighted by atomic mass is 9.95. The van der Waals surface area contributed by atoms with Crippen molar-refractivity contribution in [2.24, 2.45) is 0 Å². The first kappa shape index (κ1) is 15.9. The molecule has 0 aromatic heterocycles. The van der Waals surface area contributed by atoms with Crippen molar-refractivity contribution in [2.75, 3.05) is 20.8 Å². The lowest BCUT2D eigenvalue weighted by molar-refractivity contribution is 0.354. The highest BCUT2D eigenvalue weighted by Gasteiger charge is 2.32. The van der Waals surface area contributed by atoms with Crippen LogP contribution in [0.25, 0.3) is 0 Å². The molecule has 0 saturated carbocycles. The molecule has 0 unspecified atom stereocenters. The van der Waals surface area contributed by atoms with Crippen LogP contribution >= 0.6 is 0 Å². The number of rotatable bonds is 6. The van der Waals surface area contributed by atoms with Crippen LogP contribution in [0.15, 0.2) is 23.8 Å². The second-order valence-corrected chi connectivity index (χ2v) is 5.94. The first-order chi connectivity index (χ1) is 10.1. The maximum Gasteiger partial charge on any atom is 0.161 e. The van der Waals surface area contributed by atoms with Gasteiger partial charge in [0.15, 0.2) is 11.5 Å². The van der Waals surface area contributed by atoms with Crippen molar-refractivity contribution in [2.45, 2.75) is 45.6 Å². The average molecular weight is 289 g/mol. The van der Waals surface area contributed by atoms with E-state index in [1.54, 1.807) is 14.2 Å². The molecule has 1 aliphatic carbocycles. The molecule has 21 heavy (non-hydrogen) atoms. The number of hydrogen-bond donors (Lipinski definition) is 1. The molecule has 2 atom stereocenters. The minimum Gasteiger partial charge on any atom is -0.493 e. The number of methoxy groups -OCH3 is 2. The van der Waals surface area contributed by atoms with E-state index in [0.717, 1.165) is 30.9 Å². The highest BCUT2D eigenvalue weighted by atomic mass is 16.5. The average Bonchev–Trinajstić information content (AvgIpc) is 2.80. The van der Waals surface area contributed by atoms with Crippen LogP contribution < -0.4 is 14.8 Å². The van der Waals surface area contributed by atoms with Gasteiger partial charge >= 0.3 is 0 Å². The number of fused-ring (bicyclic) bond motifs is 1. The maximum absolute atomic E-state index is 5.47. The molecular weight excluding hydrogens is 262 g/mol. The number of nitrogens with one attached hydrogen (secondary N) is 1. The summed E-state index contributed by atoms with van der Waals surface area (Å²) in [6, 6.07) is 4.74. The van der Waals surface area contributed by atoms with Crippen LogP contribution in [0.1, 0.15) is 44.2 Å². The monoisotopic (exact) mass is 289 g/mol. The van der Waals surface area contributed by atoms with Gasteiger partial charge in [-0.15, -0.1) is 0 Å². The second-order valence-electron chi connectivity index (χ2n) is 5.94. The third-order valence-electron chi connectivity index (χ3n) is 4.05. The Bertz CT molecular complexity index is 518. The van der Waals surface area contributed by atoms with Gasteiger partial charge in [-0.05, 0) is 56.5 Å². The van der Waals surface area contributed by atoms with Gasteiger partial charge in [0.2, 0.25) is 0 Å². The molecule has 3 heteroatoms. The van der Waals surface area contributed by atoms with Crippen molar-refractivity contribution >= 4 is 0 Å². The summed E-state index contributed by atoms with van der Waals surface area (Å²) in [5.41, 5.74) is 4.08. The third-order valence-corrected chi connectivity index (χ3v) is 4.05. The summed E-state index contributed by atoms with van der Waals surface area (Å²) in [5, 5.41) is 3.68. The Kier molecular flexibility index (Phi) is 5.29. The van der Waals surface area contributed by atoms with E-state index >= 15 is 0 Å². The van der Waals surface area contributed by atoms with Gasteiger partial charge in [-0.2, -0.15) is 0 Å². The van der Waals surface area contributed by atoms with Gasteiger partial charge in [-0.1, -0.05) is 18.6 Å². The second kappa shape index (κ2) is 6.99. The molecule has 1 aromatic carbocycles. The number of allylic oxidation sites excluding steroid dienone is 1. The lowest BCUT2D eigenvalue weighted by Crippen LogP contribution is -2.32. The van der Waals surface area contributed by atoms with E-state index in [1.165, 1.54) is 16.7 Å². The van der Waals surface area contributed by atoms with Crippen LogP contribution in [0.3, 0.4) is 0 Å². The van der Waals surface area contributed by atoms with Crippen molar-refractivity contribution in [3.8, 4) is 11.5 Å². The number of ether oxygens (including phenoxy) is 2. The Morgan fingerprint density at radius 1 is 1.24 bits per heavy atom. The van der Waals surface area contributed by atoms with E-state index in [0.29, 0.717) is 12.0 Å². The van der Waals surface area contributed by atoms with Crippen LogP contribution in [0, 0.1) is 0 Å². The maximum atomic E-state index is 5.47. The molecule has 3 nitrogen and oxygen atoms in total. The third kappa shape index (κ3) is 3.41. The van der Waals surface area contributed by atoms with Gasteiger partial charge in [-0.25, -0.2) is 0 Å². The molecular formula is C18H27NO2. The Hall–Kier alpha value is -1.48. The molecule has 2 rings (SSSR count). The normalized spacial score (nSPS) is 20.0. The molecule has 0 fully saturated rings. The van der Waals surface area contributed by atoms with Crippen molar-refractivity contribution < 1.29 is 9.47 Å². The van der Waals surface area contributed by atoms with E-state index in [-0.39, 0.29) is 0 Å². The molecule has 0 bridgehead atoms. The fraction of sp³-hybridized carbons (Fsp3) is 0.556. The minimum absolute atomic E-state index is 0.413. The summed E-state index contributed by atoms with van der Waals surface area (Å²) in [6.07, 6.45) is 4.57. The largest absolute Gasteiger partial charge is 0.493 e. The van der Waals surface area contributed by atoms with Crippen molar-refractivity contribution in [3.05, 3.63) is 34.9 Å². The number of benzene rings is 1. The summed E-state index contributed by atoms with van der Waals surface area (Å²) >= 11 is 0. The van der Waals surface area contributed by atoms with Crippen LogP contribution in [0.2, 0.25) is 0 Å². The first-order valence-electron chi connectivity index (χ1n) is 7.73. The first-order valence-corrected chi connectivity index (χ1v) is 7.73. The number of hydrogen-bond acceptors (Lipinski definition) is 3. The molecule has 0 aliphatic heterocycles. The molecule has 0 heterocycles. The topological polar surface area (TPSA) is 30.5 Å². The fourth-order valence-electron chi connectivity index (χ4n) is 3.10. The lowest BCUT2D eigenvalue weighted by Gasteiger charge is -2.19. The van der Waals surface area contributed by atoms with E-state index in [2.05, 4.69) is 44.3 Å². The van der Waals surface area contributed by atoms with Crippen molar-refractivity contribution in [3.63, 3.8) is 0 Å². The quantitative estimate of drug-likeness (QED) is 0.810. The standard InChI is InChI=1S/C18H27NO2/c1-6-7-19-16-9-13-10-17(20-4)18(21-5)11-14(13)15(16)8-12(2)3/h8,10-11,15-16,19H,6-7,9H2,1-5H3/t15-,16+/m0/s1. The van der Waals surface area contributed by atoms with E-state index in [4.69, 9.17) is 9.47 Å². The Morgan fingerprint density at radius 3 is 2.48 bits per heavy atom. The van der Waals surface area contributed by atoms with E-state index < -0.39 is 0 Å². The zero-order chi connectivity index (χ0) is 15.4. The minimum atomic E-state index is 0.413. The highest BCUT2D eigenvalue weighted by molar-refractivity contribution is 5.53. The SMILES string of the molecule is CCCN[C@@H]1Cc2cc(OC)c(OC)cc2[C@@H]1C=C(C)C. The van der Waals surface area contributed by atoms with Gasteiger partial charge in [0.25, 0.3) is 0 Å². The zero-order valence-corrected chi connectivity index (χ0v) is 13.8. The van der Waals surface area contributed by atoms with Gasteiger partial charge in [-0.3, -0.25) is 0 Å². The zero-order valence-electron chi connectivity index (χ0n) is 13.8. The van der Waals surface area contributed by atoms with Gasteiger partial charge in [0, 0.05) is 12.0 Å². The van der Waals surface area contributed by atoms with E-state index in [9.17, 15) is 0 Å². The molecule has 1 aliphatic rings. The molecule has 1 aromatic rings. The Morgan fingerprint density at radius 2 is 1.90 bits per heavy atom. The van der Waals surface area contributed by atoms with Gasteiger partial charge in [0.1, 0.15) is 0 Å². The van der Waals surface area contributed by atoms with Crippen LogP contribution in [-0.4, -0.2) is 26.8 Å². The molecule has 116 valence electrons. The van der Waals surface area contributed by atoms with Crippen molar-refractivity contribution in [1.29, 1.82) is 0 Å². The Labute approximate surface area is 128 Å². The van der Waals surface area contributed by atoms with Crippen LogP contribution in [0.5, 0.6) is 11.5 Å². The predicted octanol–water partition coefficient (Wildman–Crippen LogP) is 3.68. The van der Waals surface area contributed by atoms with Crippen molar-refractivity contribution in [1.82, 2.24) is 5.32 Å². The summed E-state index contributed by atoms with van der Waals surface area (Å²) < 4.78 is 10.9. The summed E-state index contributed by atoms with van der Waals surface area (Å²) in [5.74, 6) is 2.05. The van der Waals surface area contributed by atoms with E-state index in [1.807, 2.05) is 0 Å².